The lowest BCUT2D eigenvalue weighted by Crippen LogP contribution is -2.58. The number of nitrogens with one attached hydrogen (secondary N) is 3. The first kappa shape index (κ1) is 30.5. The van der Waals surface area contributed by atoms with Crippen LogP contribution in [0.25, 0.3) is 0 Å². The molecule has 4 atom stereocenters. The van der Waals surface area contributed by atoms with Gasteiger partial charge in [0.05, 0.1) is 12.6 Å². The number of carbonyl (C=O) groups is 4. The highest BCUT2D eigenvalue weighted by molar-refractivity contribution is 7.80. The van der Waals surface area contributed by atoms with Crippen molar-refractivity contribution in [3.63, 3.8) is 0 Å². The van der Waals surface area contributed by atoms with Crippen LogP contribution in [0.5, 0.6) is 5.75 Å². The lowest BCUT2D eigenvalue weighted by Gasteiger charge is -2.24. The van der Waals surface area contributed by atoms with Crippen LogP contribution in [0.3, 0.4) is 0 Å². The summed E-state index contributed by atoms with van der Waals surface area (Å²) in [5.74, 6) is -4.05. The van der Waals surface area contributed by atoms with E-state index in [9.17, 15) is 29.4 Å². The molecule has 200 valence electrons. The molecule has 1 aromatic carbocycles. The average Bonchev–Trinajstić information content (AvgIpc) is 2.83. The lowest BCUT2D eigenvalue weighted by atomic mass is 10.0. The van der Waals surface area contributed by atoms with Crippen molar-refractivity contribution in [1.82, 2.24) is 16.0 Å². The van der Waals surface area contributed by atoms with E-state index in [0.29, 0.717) is 5.56 Å². The number of aromatic hydroxyl groups is 1. The zero-order chi connectivity index (χ0) is 27.3. The number of aliphatic hydroxyl groups excluding tert-OH is 1. The number of thiol groups is 1. The molecule has 15 heteroatoms. The fourth-order valence-electron chi connectivity index (χ4n) is 2.95. The molecule has 0 aliphatic heterocycles. The molecule has 0 saturated carbocycles. The number of carboxylic acids is 1. The molecule has 0 aromatic heterocycles. The Balaban J connectivity index is 2.90. The minimum absolute atomic E-state index is 0.0563. The molecule has 0 radical (unpaired) electrons. The van der Waals surface area contributed by atoms with Gasteiger partial charge in [0, 0.05) is 12.3 Å². The summed E-state index contributed by atoms with van der Waals surface area (Å²) >= 11 is 3.84. The van der Waals surface area contributed by atoms with Crippen molar-refractivity contribution in [3.05, 3.63) is 29.8 Å². The third kappa shape index (κ3) is 10.8. The first-order valence-electron chi connectivity index (χ1n) is 10.9. The average molecular weight is 528 g/mol. The Hall–Kier alpha value is -3.56. The molecule has 0 fully saturated rings. The molecule has 12 N–H and O–H groups in total. The number of phenolic OH excluding ortho intramolecular Hbond substituents is 1. The fourth-order valence-corrected chi connectivity index (χ4v) is 3.20. The summed E-state index contributed by atoms with van der Waals surface area (Å²) in [5.41, 5.74) is 17.2. The maximum atomic E-state index is 12.9. The number of aliphatic imine (C=N–C) groups is 1. The number of aliphatic hydroxyl groups is 1. The zero-order valence-electron chi connectivity index (χ0n) is 19.5. The van der Waals surface area contributed by atoms with Crippen molar-refractivity contribution >= 4 is 42.3 Å². The minimum Gasteiger partial charge on any atom is -0.508 e. The second-order valence-electron chi connectivity index (χ2n) is 7.81. The van der Waals surface area contributed by atoms with E-state index in [-0.39, 0.29) is 43.3 Å². The van der Waals surface area contributed by atoms with Gasteiger partial charge < -0.3 is 48.5 Å². The molecule has 0 spiro atoms. The number of rotatable bonds is 15. The van der Waals surface area contributed by atoms with Crippen LogP contribution in [0.2, 0.25) is 0 Å². The first-order valence-corrected chi connectivity index (χ1v) is 11.6. The Bertz CT molecular complexity index is 926. The molecule has 0 heterocycles. The number of carbonyl (C=O) groups excluding carboxylic acids is 3. The van der Waals surface area contributed by atoms with E-state index in [1.54, 1.807) is 12.1 Å². The number of nitrogens with two attached hydrogens (primary N) is 3. The number of carboxylic acid groups (broad SMARTS) is 1. The van der Waals surface area contributed by atoms with Gasteiger partial charge in [-0.2, -0.15) is 12.6 Å². The Labute approximate surface area is 213 Å². The van der Waals surface area contributed by atoms with E-state index < -0.39 is 54.5 Å². The van der Waals surface area contributed by atoms with Crippen molar-refractivity contribution in [2.75, 3.05) is 18.9 Å². The van der Waals surface area contributed by atoms with Gasteiger partial charge >= 0.3 is 5.97 Å². The molecule has 3 amide bonds. The molecule has 0 saturated heterocycles. The molecule has 0 bridgehead atoms. The molecular formula is C21H33N7O7S. The Morgan fingerprint density at radius 3 is 2.03 bits per heavy atom. The number of phenols is 1. The van der Waals surface area contributed by atoms with Gasteiger partial charge in [0.25, 0.3) is 0 Å². The normalized spacial score (nSPS) is 14.0. The summed E-state index contributed by atoms with van der Waals surface area (Å²) in [5, 5.41) is 35.0. The predicted molar refractivity (Wildman–Crippen MR) is 134 cm³/mol. The van der Waals surface area contributed by atoms with E-state index in [1.807, 2.05) is 0 Å². The molecular weight excluding hydrogens is 494 g/mol. The zero-order valence-corrected chi connectivity index (χ0v) is 20.4. The number of nitrogens with zero attached hydrogens (tertiary/aromatic N) is 1. The topological polar surface area (TPSA) is 255 Å². The van der Waals surface area contributed by atoms with Gasteiger partial charge in [-0.3, -0.25) is 19.4 Å². The van der Waals surface area contributed by atoms with E-state index >= 15 is 0 Å². The summed E-state index contributed by atoms with van der Waals surface area (Å²) in [6, 6.07) is 1.07. The fraction of sp³-hybridized carbons (Fsp3) is 0.476. The number of amides is 3. The third-order valence-electron chi connectivity index (χ3n) is 4.92. The van der Waals surface area contributed by atoms with Crippen molar-refractivity contribution in [2.24, 2.45) is 22.2 Å². The largest absolute Gasteiger partial charge is 0.508 e. The molecule has 14 nitrogen and oxygen atoms in total. The smallest absolute Gasteiger partial charge is 0.327 e. The molecule has 1 rings (SSSR count). The highest BCUT2D eigenvalue weighted by Crippen LogP contribution is 2.11. The van der Waals surface area contributed by atoms with Crippen LogP contribution < -0.4 is 33.2 Å². The van der Waals surface area contributed by atoms with Crippen molar-refractivity contribution < 1.29 is 34.5 Å². The number of benzene rings is 1. The van der Waals surface area contributed by atoms with E-state index in [0.717, 1.165) is 0 Å². The highest BCUT2D eigenvalue weighted by atomic mass is 32.1. The van der Waals surface area contributed by atoms with Gasteiger partial charge in [0.2, 0.25) is 17.7 Å². The SMILES string of the molecule is NC(N)=NCCCC(NC(=O)C(N)Cc1ccc(O)cc1)C(=O)NC(CO)C(=O)NC(CS)C(=O)O. The van der Waals surface area contributed by atoms with Crippen LogP contribution in [0, 0.1) is 0 Å². The van der Waals surface area contributed by atoms with Gasteiger partial charge in [0.15, 0.2) is 5.96 Å². The van der Waals surface area contributed by atoms with Gasteiger partial charge in [-0.1, -0.05) is 12.1 Å². The second kappa shape index (κ2) is 15.4. The second-order valence-corrected chi connectivity index (χ2v) is 8.18. The van der Waals surface area contributed by atoms with Crippen LogP contribution in [0.15, 0.2) is 29.3 Å². The van der Waals surface area contributed by atoms with Gasteiger partial charge in [-0.25, -0.2) is 4.79 Å². The maximum absolute atomic E-state index is 12.9. The summed E-state index contributed by atoms with van der Waals surface area (Å²) in [4.78, 5) is 52.8. The van der Waals surface area contributed by atoms with Gasteiger partial charge in [-0.15, -0.1) is 0 Å². The summed E-state index contributed by atoms with van der Waals surface area (Å²) in [6.07, 6.45) is 0.463. The maximum Gasteiger partial charge on any atom is 0.327 e. The monoisotopic (exact) mass is 527 g/mol. The van der Waals surface area contributed by atoms with Crippen LogP contribution >= 0.6 is 12.6 Å². The Kier molecular flexibility index (Phi) is 13.1. The standard InChI is InChI=1S/C21H33N7O7S/c22-13(8-11-3-5-12(30)6-4-11)17(31)26-14(2-1-7-25-21(23)24)18(32)27-15(9-29)19(33)28-16(10-36)20(34)35/h3-6,13-16,29-30,36H,1-2,7-10,22H2,(H,26,31)(H,27,32)(H,28,33)(H,34,35)(H4,23,24,25). The van der Waals surface area contributed by atoms with Gasteiger partial charge in [-0.05, 0) is 37.0 Å². The van der Waals surface area contributed by atoms with Crippen molar-refractivity contribution in [3.8, 4) is 5.75 Å². The quantitative estimate of drug-likeness (QED) is 0.0472. The number of aliphatic carboxylic acids is 1. The van der Waals surface area contributed by atoms with Crippen molar-refractivity contribution in [1.29, 1.82) is 0 Å². The number of hydrogen-bond donors (Lipinski definition) is 10. The Morgan fingerprint density at radius 2 is 1.50 bits per heavy atom. The Morgan fingerprint density at radius 1 is 0.944 bits per heavy atom. The van der Waals surface area contributed by atoms with E-state index in [2.05, 4.69) is 33.6 Å². The molecule has 0 aliphatic rings. The van der Waals surface area contributed by atoms with Crippen LogP contribution in [-0.4, -0.2) is 88.0 Å². The molecule has 36 heavy (non-hydrogen) atoms. The van der Waals surface area contributed by atoms with Crippen LogP contribution in [0.4, 0.5) is 0 Å². The van der Waals surface area contributed by atoms with E-state index in [4.69, 9.17) is 22.3 Å². The molecule has 1 aromatic rings. The number of guanidine groups is 1. The molecule has 0 aliphatic carbocycles. The predicted octanol–water partition coefficient (Wildman–Crippen LogP) is -3.22. The third-order valence-corrected chi connectivity index (χ3v) is 5.28. The lowest BCUT2D eigenvalue weighted by molar-refractivity contribution is -0.142. The summed E-state index contributed by atoms with van der Waals surface area (Å²) in [6.45, 7) is -0.667. The summed E-state index contributed by atoms with van der Waals surface area (Å²) < 4.78 is 0. The number of hydrogen-bond acceptors (Lipinski definition) is 9. The van der Waals surface area contributed by atoms with E-state index in [1.165, 1.54) is 12.1 Å². The van der Waals surface area contributed by atoms with Crippen LogP contribution in [-0.2, 0) is 25.6 Å². The highest BCUT2D eigenvalue weighted by Gasteiger charge is 2.29. The minimum atomic E-state index is -1.48. The molecule has 4 unspecified atom stereocenters. The summed E-state index contributed by atoms with van der Waals surface area (Å²) in [7, 11) is 0. The first-order chi connectivity index (χ1) is 17.0. The van der Waals surface area contributed by atoms with Gasteiger partial charge in [0.1, 0.15) is 23.9 Å². The van der Waals surface area contributed by atoms with Crippen LogP contribution in [0.1, 0.15) is 18.4 Å². The van der Waals surface area contributed by atoms with Crippen molar-refractivity contribution in [2.45, 2.75) is 43.4 Å².